The fraction of sp³-hybridized carbons (Fsp3) is 0.727. The summed E-state index contributed by atoms with van der Waals surface area (Å²) in [5.74, 6) is 0.683. The summed E-state index contributed by atoms with van der Waals surface area (Å²) in [6.45, 7) is 6.06. The van der Waals surface area contributed by atoms with Crippen LogP contribution in [0.15, 0.2) is 18.5 Å². The number of ether oxygens (including phenoxy) is 1. The average Bonchev–Trinajstić information content (AvgIpc) is 2.85. The van der Waals surface area contributed by atoms with E-state index in [2.05, 4.69) is 17.3 Å². The average molecular weight is 209 g/mol. The molecule has 0 aliphatic carbocycles. The van der Waals surface area contributed by atoms with Gasteiger partial charge < -0.3 is 10.1 Å². The minimum Gasteiger partial charge on any atom is -0.378 e. The van der Waals surface area contributed by atoms with Crippen LogP contribution in [0.1, 0.15) is 13.3 Å². The fourth-order valence-electron chi connectivity index (χ4n) is 1.96. The summed E-state index contributed by atoms with van der Waals surface area (Å²) >= 11 is 0. The fourth-order valence-corrected chi connectivity index (χ4v) is 1.96. The second-order valence-electron chi connectivity index (χ2n) is 4.10. The summed E-state index contributed by atoms with van der Waals surface area (Å²) in [6.07, 6.45) is 5.41. The second kappa shape index (κ2) is 5.28. The Morgan fingerprint density at radius 3 is 3.20 bits per heavy atom. The van der Waals surface area contributed by atoms with Crippen LogP contribution in [0, 0.1) is 5.92 Å². The maximum Gasteiger partial charge on any atom is 0.0588 e. The maximum atomic E-state index is 5.51. The Kier molecular flexibility index (Phi) is 3.75. The van der Waals surface area contributed by atoms with Crippen LogP contribution in [0.3, 0.4) is 0 Å². The summed E-state index contributed by atoms with van der Waals surface area (Å²) in [5, 5.41) is 7.61. The van der Waals surface area contributed by atoms with Crippen molar-refractivity contribution in [2.45, 2.75) is 26.0 Å². The second-order valence-corrected chi connectivity index (χ2v) is 4.10. The van der Waals surface area contributed by atoms with Gasteiger partial charge >= 0.3 is 0 Å². The topological polar surface area (TPSA) is 39.1 Å². The number of hydrogen-bond donors (Lipinski definition) is 1. The van der Waals surface area contributed by atoms with Gasteiger partial charge in [0, 0.05) is 32.1 Å². The highest BCUT2D eigenvalue weighted by atomic mass is 16.5. The molecular formula is C11H19N3O. The molecule has 1 fully saturated rings. The molecule has 2 unspecified atom stereocenters. The molecule has 0 amide bonds. The van der Waals surface area contributed by atoms with Crippen LogP contribution in [-0.4, -0.2) is 35.6 Å². The smallest absolute Gasteiger partial charge is 0.0588 e. The first-order chi connectivity index (χ1) is 7.36. The highest BCUT2D eigenvalue weighted by Gasteiger charge is 2.23. The van der Waals surface area contributed by atoms with Gasteiger partial charge in [0.15, 0.2) is 0 Å². The molecule has 0 radical (unpaired) electrons. The van der Waals surface area contributed by atoms with Crippen molar-refractivity contribution in [1.29, 1.82) is 0 Å². The zero-order valence-electron chi connectivity index (χ0n) is 9.22. The molecule has 2 heterocycles. The quantitative estimate of drug-likeness (QED) is 0.732. The van der Waals surface area contributed by atoms with E-state index in [1.165, 1.54) is 6.42 Å². The molecular weight excluding hydrogens is 190 g/mol. The number of nitrogens with one attached hydrogen (secondary N) is 1. The van der Waals surface area contributed by atoms with E-state index in [-0.39, 0.29) is 0 Å². The van der Waals surface area contributed by atoms with Gasteiger partial charge in [0.25, 0.3) is 0 Å². The third kappa shape index (κ3) is 3.04. The molecule has 0 spiro atoms. The normalized spacial score (nSPS) is 25.9. The number of rotatable bonds is 5. The van der Waals surface area contributed by atoms with Gasteiger partial charge in [-0.2, -0.15) is 5.10 Å². The molecule has 1 saturated heterocycles. The molecule has 1 aromatic heterocycles. The molecule has 0 saturated carbocycles. The Labute approximate surface area is 90.6 Å². The summed E-state index contributed by atoms with van der Waals surface area (Å²) < 4.78 is 7.46. The Morgan fingerprint density at radius 2 is 2.53 bits per heavy atom. The van der Waals surface area contributed by atoms with Crippen LogP contribution in [0.5, 0.6) is 0 Å². The lowest BCUT2D eigenvalue weighted by Crippen LogP contribution is -2.29. The lowest BCUT2D eigenvalue weighted by Gasteiger charge is -2.14. The van der Waals surface area contributed by atoms with Gasteiger partial charge in [0.05, 0.1) is 12.6 Å². The van der Waals surface area contributed by atoms with E-state index in [1.54, 1.807) is 0 Å². The number of hydrogen-bond acceptors (Lipinski definition) is 3. The monoisotopic (exact) mass is 209 g/mol. The summed E-state index contributed by atoms with van der Waals surface area (Å²) in [4.78, 5) is 0. The van der Waals surface area contributed by atoms with Crippen molar-refractivity contribution >= 4 is 0 Å². The van der Waals surface area contributed by atoms with Crippen LogP contribution in [-0.2, 0) is 11.3 Å². The highest BCUT2D eigenvalue weighted by Crippen LogP contribution is 2.18. The highest BCUT2D eigenvalue weighted by molar-refractivity contribution is 4.78. The van der Waals surface area contributed by atoms with Crippen molar-refractivity contribution < 1.29 is 4.74 Å². The lowest BCUT2D eigenvalue weighted by atomic mass is 10.0. The van der Waals surface area contributed by atoms with E-state index in [4.69, 9.17) is 4.74 Å². The van der Waals surface area contributed by atoms with Gasteiger partial charge in [-0.25, -0.2) is 0 Å². The Balaban J connectivity index is 1.59. The van der Waals surface area contributed by atoms with E-state index in [9.17, 15) is 0 Å². The molecule has 2 atom stereocenters. The van der Waals surface area contributed by atoms with Crippen molar-refractivity contribution in [1.82, 2.24) is 15.1 Å². The Hall–Kier alpha value is -0.870. The standard InChI is InChI=1S/C11H19N3O/c1-10-11(3-8-15-10)9-12-5-7-14-6-2-4-13-14/h2,4,6,10-12H,3,5,7-9H2,1H3. The van der Waals surface area contributed by atoms with E-state index in [1.807, 2.05) is 23.1 Å². The van der Waals surface area contributed by atoms with E-state index < -0.39 is 0 Å². The summed E-state index contributed by atoms with van der Waals surface area (Å²) in [7, 11) is 0. The van der Waals surface area contributed by atoms with Gasteiger partial charge in [0.2, 0.25) is 0 Å². The van der Waals surface area contributed by atoms with Crippen molar-refractivity contribution in [2.24, 2.45) is 5.92 Å². The Morgan fingerprint density at radius 1 is 1.60 bits per heavy atom. The van der Waals surface area contributed by atoms with Crippen LogP contribution in [0.2, 0.25) is 0 Å². The van der Waals surface area contributed by atoms with Gasteiger partial charge in [-0.3, -0.25) is 4.68 Å². The van der Waals surface area contributed by atoms with Gasteiger partial charge in [-0.1, -0.05) is 0 Å². The van der Waals surface area contributed by atoms with Crippen molar-refractivity contribution in [3.8, 4) is 0 Å². The number of nitrogens with zero attached hydrogens (tertiary/aromatic N) is 2. The molecule has 1 aliphatic rings. The summed E-state index contributed by atoms with van der Waals surface area (Å²) in [5.41, 5.74) is 0. The zero-order valence-corrected chi connectivity index (χ0v) is 9.22. The molecule has 1 aromatic rings. The molecule has 84 valence electrons. The summed E-state index contributed by atoms with van der Waals surface area (Å²) in [6, 6.07) is 1.95. The predicted octanol–water partition coefficient (Wildman–Crippen LogP) is 0.898. The van der Waals surface area contributed by atoms with Crippen LogP contribution >= 0.6 is 0 Å². The minimum atomic E-state index is 0.419. The molecule has 1 N–H and O–H groups in total. The third-order valence-corrected chi connectivity index (χ3v) is 3.02. The van der Waals surface area contributed by atoms with Gasteiger partial charge in [-0.05, 0) is 25.3 Å². The van der Waals surface area contributed by atoms with Crippen LogP contribution in [0.25, 0.3) is 0 Å². The first-order valence-corrected chi connectivity index (χ1v) is 5.66. The van der Waals surface area contributed by atoms with E-state index in [0.29, 0.717) is 12.0 Å². The molecule has 4 heteroatoms. The van der Waals surface area contributed by atoms with Gasteiger partial charge in [0.1, 0.15) is 0 Å². The lowest BCUT2D eigenvalue weighted by molar-refractivity contribution is 0.105. The van der Waals surface area contributed by atoms with Crippen molar-refractivity contribution in [3.63, 3.8) is 0 Å². The maximum absolute atomic E-state index is 5.51. The predicted molar refractivity (Wildman–Crippen MR) is 58.6 cm³/mol. The van der Waals surface area contributed by atoms with Crippen molar-refractivity contribution in [3.05, 3.63) is 18.5 Å². The molecule has 2 rings (SSSR count). The van der Waals surface area contributed by atoms with E-state index in [0.717, 1.165) is 26.2 Å². The third-order valence-electron chi connectivity index (χ3n) is 3.02. The van der Waals surface area contributed by atoms with E-state index >= 15 is 0 Å². The molecule has 1 aliphatic heterocycles. The first kappa shape index (κ1) is 10.6. The molecule has 15 heavy (non-hydrogen) atoms. The zero-order chi connectivity index (χ0) is 10.5. The van der Waals surface area contributed by atoms with Crippen LogP contribution in [0.4, 0.5) is 0 Å². The van der Waals surface area contributed by atoms with Gasteiger partial charge in [-0.15, -0.1) is 0 Å². The minimum absolute atomic E-state index is 0.419. The molecule has 0 aromatic carbocycles. The Bertz CT molecular complexity index is 273. The number of aromatic nitrogens is 2. The van der Waals surface area contributed by atoms with Crippen molar-refractivity contribution in [2.75, 3.05) is 19.7 Å². The first-order valence-electron chi connectivity index (χ1n) is 5.66. The largest absolute Gasteiger partial charge is 0.378 e. The molecule has 0 bridgehead atoms. The SMILES string of the molecule is CC1OCCC1CNCCn1cccn1. The van der Waals surface area contributed by atoms with Crippen LogP contribution < -0.4 is 5.32 Å². The molecule has 4 nitrogen and oxygen atoms in total.